The molecule has 184 valence electrons. The van der Waals surface area contributed by atoms with Crippen LogP contribution in [0.2, 0.25) is 0 Å². The maximum absolute atomic E-state index is 13.1. The Morgan fingerprint density at radius 1 is 1.31 bits per heavy atom. The van der Waals surface area contributed by atoms with Crippen molar-refractivity contribution >= 4 is 44.4 Å². The van der Waals surface area contributed by atoms with Crippen molar-refractivity contribution in [2.45, 2.75) is 70.6 Å². The zero-order valence-corrected chi connectivity index (χ0v) is 22.6. The lowest BCUT2D eigenvalue weighted by Gasteiger charge is -2.34. The van der Waals surface area contributed by atoms with E-state index in [9.17, 15) is 10.1 Å². The zero-order chi connectivity index (χ0) is 25.2. The van der Waals surface area contributed by atoms with Crippen LogP contribution in [0.3, 0.4) is 0 Å². The van der Waals surface area contributed by atoms with Crippen LogP contribution in [0.15, 0.2) is 29.3 Å². The molecule has 0 spiro atoms. The van der Waals surface area contributed by atoms with Gasteiger partial charge in [0.05, 0.1) is 27.6 Å². The second kappa shape index (κ2) is 10.5. The van der Waals surface area contributed by atoms with Crippen LogP contribution in [0.1, 0.15) is 64.3 Å². The van der Waals surface area contributed by atoms with Crippen molar-refractivity contribution in [1.29, 1.82) is 5.26 Å². The Kier molecular flexibility index (Phi) is 7.67. The number of aryl methyl sites for hydroxylation is 1. The van der Waals surface area contributed by atoms with Gasteiger partial charge in [-0.1, -0.05) is 50.8 Å². The summed E-state index contributed by atoms with van der Waals surface area (Å²) in [5.41, 5.74) is 3.85. The van der Waals surface area contributed by atoms with E-state index < -0.39 is 0 Å². The zero-order valence-electron chi connectivity index (χ0n) is 21.0. The summed E-state index contributed by atoms with van der Waals surface area (Å²) in [5, 5.41) is 13.6. The van der Waals surface area contributed by atoms with Gasteiger partial charge in [0.15, 0.2) is 5.13 Å². The fourth-order valence-corrected chi connectivity index (χ4v) is 6.31. The average Bonchev–Trinajstić information content (AvgIpc) is 3.22. The highest BCUT2D eigenvalue weighted by Crippen LogP contribution is 2.39. The summed E-state index contributed by atoms with van der Waals surface area (Å²) in [4.78, 5) is 22.6. The first kappa shape index (κ1) is 25.5. The number of hydrogen-bond acceptors (Lipinski definition) is 7. The quantitative estimate of drug-likeness (QED) is 0.361. The predicted molar refractivity (Wildman–Crippen MR) is 143 cm³/mol. The van der Waals surface area contributed by atoms with Gasteiger partial charge in [0.2, 0.25) is 5.91 Å². The largest absolute Gasteiger partial charge is 0.494 e. The van der Waals surface area contributed by atoms with Gasteiger partial charge >= 0.3 is 0 Å². The van der Waals surface area contributed by atoms with Gasteiger partial charge in [0.25, 0.3) is 0 Å². The molecule has 0 saturated carbocycles. The van der Waals surface area contributed by atoms with E-state index in [2.05, 4.69) is 37.1 Å². The second-order valence-electron chi connectivity index (χ2n) is 9.95. The van der Waals surface area contributed by atoms with Crippen LogP contribution >= 0.6 is 23.1 Å². The number of benzene rings is 1. The maximum Gasteiger partial charge on any atom is 0.239 e. The molecule has 35 heavy (non-hydrogen) atoms. The lowest BCUT2D eigenvalue weighted by Crippen LogP contribution is -2.28. The van der Waals surface area contributed by atoms with E-state index in [-0.39, 0.29) is 16.6 Å². The van der Waals surface area contributed by atoms with Gasteiger partial charge in [-0.05, 0) is 73.8 Å². The number of hydrogen-bond donors (Lipinski definition) is 1. The van der Waals surface area contributed by atoms with Crippen LogP contribution in [0, 0.1) is 22.7 Å². The highest BCUT2D eigenvalue weighted by molar-refractivity contribution is 8.00. The molecule has 0 bridgehead atoms. The Bertz CT molecular complexity index is 1270. The number of carbonyl (C=O) groups excluding carboxylic acids is 1. The Morgan fingerprint density at radius 2 is 2.11 bits per heavy atom. The summed E-state index contributed by atoms with van der Waals surface area (Å²) in [5.74, 6) is 1.24. The van der Waals surface area contributed by atoms with Crippen molar-refractivity contribution in [3.8, 4) is 11.8 Å². The van der Waals surface area contributed by atoms with Gasteiger partial charge in [0.1, 0.15) is 16.8 Å². The first-order valence-corrected chi connectivity index (χ1v) is 13.8. The SMILES string of the molecule is CCOc1ccc2nc(NC(=O)C(CC)Sc3nc4c(cc3C#N)CC(C(C)(C)C)CC4)sc2c1. The molecule has 2 aromatic heterocycles. The van der Waals surface area contributed by atoms with Gasteiger partial charge in [-0.3, -0.25) is 4.79 Å². The molecule has 1 aliphatic rings. The van der Waals surface area contributed by atoms with Crippen LogP contribution in [-0.2, 0) is 17.6 Å². The Labute approximate surface area is 215 Å². The molecule has 2 heterocycles. The molecule has 8 heteroatoms. The topological polar surface area (TPSA) is 87.9 Å². The van der Waals surface area contributed by atoms with Gasteiger partial charge in [-0.2, -0.15) is 5.26 Å². The van der Waals surface area contributed by atoms with Crippen LogP contribution in [-0.4, -0.2) is 27.7 Å². The molecular formula is C27H32N4O2S2. The number of nitrogens with one attached hydrogen (secondary N) is 1. The monoisotopic (exact) mass is 508 g/mol. The van der Waals surface area contributed by atoms with E-state index in [0.29, 0.717) is 34.7 Å². The molecule has 1 amide bonds. The number of thioether (sulfide) groups is 1. The number of amides is 1. The summed E-state index contributed by atoms with van der Waals surface area (Å²) in [7, 11) is 0. The summed E-state index contributed by atoms with van der Waals surface area (Å²) >= 11 is 2.80. The van der Waals surface area contributed by atoms with Crippen molar-refractivity contribution in [3.05, 3.63) is 41.1 Å². The van der Waals surface area contributed by atoms with Crippen LogP contribution < -0.4 is 10.1 Å². The maximum atomic E-state index is 13.1. The summed E-state index contributed by atoms with van der Waals surface area (Å²) in [6, 6.07) is 10.0. The Hall–Kier alpha value is -2.63. The predicted octanol–water partition coefficient (Wildman–Crippen LogP) is 6.62. The van der Waals surface area contributed by atoms with Crippen molar-refractivity contribution in [2.24, 2.45) is 11.3 Å². The number of pyridine rings is 1. The molecule has 2 atom stereocenters. The standard InChI is InChI=1S/C27H32N4O2S2/c1-6-22(24(32)31-26-30-21-11-9-19(33-7-2)14-23(21)35-26)34-25-17(15-28)12-16-13-18(27(3,4)5)8-10-20(16)29-25/h9,11-12,14,18,22H,6-8,10,13H2,1-5H3,(H,30,31,32). The number of ether oxygens (including phenoxy) is 1. The minimum Gasteiger partial charge on any atom is -0.494 e. The first-order chi connectivity index (χ1) is 16.7. The molecular weight excluding hydrogens is 476 g/mol. The third-order valence-corrected chi connectivity index (χ3v) is 8.82. The number of carbonyl (C=O) groups is 1. The first-order valence-electron chi connectivity index (χ1n) is 12.2. The minimum absolute atomic E-state index is 0.127. The van der Waals surface area contributed by atoms with E-state index in [0.717, 1.165) is 40.9 Å². The van der Waals surface area contributed by atoms with Gasteiger partial charge in [-0.15, -0.1) is 0 Å². The fraction of sp³-hybridized carbons (Fsp3) is 0.481. The molecule has 3 aromatic rings. The highest BCUT2D eigenvalue weighted by Gasteiger charge is 2.31. The summed E-state index contributed by atoms with van der Waals surface area (Å²) < 4.78 is 6.53. The van der Waals surface area contributed by atoms with E-state index >= 15 is 0 Å². The lowest BCUT2D eigenvalue weighted by molar-refractivity contribution is -0.115. The molecule has 0 saturated heterocycles. The third-order valence-electron chi connectivity index (χ3n) is 6.52. The number of thiazole rings is 1. The van der Waals surface area contributed by atoms with Crippen LogP contribution in [0.4, 0.5) is 5.13 Å². The van der Waals surface area contributed by atoms with Crippen molar-refractivity contribution in [1.82, 2.24) is 9.97 Å². The smallest absolute Gasteiger partial charge is 0.239 e. The molecule has 4 rings (SSSR count). The number of nitrogens with zero attached hydrogens (tertiary/aromatic N) is 3. The molecule has 6 nitrogen and oxygen atoms in total. The van der Waals surface area contributed by atoms with E-state index in [1.54, 1.807) is 0 Å². The normalized spacial score (nSPS) is 16.4. The number of rotatable bonds is 7. The molecule has 2 unspecified atom stereocenters. The van der Waals surface area contributed by atoms with E-state index in [4.69, 9.17) is 9.72 Å². The molecule has 0 fully saturated rings. The van der Waals surface area contributed by atoms with Gasteiger partial charge < -0.3 is 10.1 Å². The van der Waals surface area contributed by atoms with Crippen molar-refractivity contribution in [3.63, 3.8) is 0 Å². The molecule has 0 radical (unpaired) electrons. The number of nitriles is 1. The van der Waals surface area contributed by atoms with Gasteiger partial charge in [0, 0.05) is 5.69 Å². The summed E-state index contributed by atoms with van der Waals surface area (Å²) in [6.07, 6.45) is 3.58. The number of fused-ring (bicyclic) bond motifs is 2. The highest BCUT2D eigenvalue weighted by atomic mass is 32.2. The van der Waals surface area contributed by atoms with Crippen molar-refractivity contribution in [2.75, 3.05) is 11.9 Å². The average molecular weight is 509 g/mol. The Balaban J connectivity index is 1.50. The number of aromatic nitrogens is 2. The second-order valence-corrected chi connectivity index (χ2v) is 12.2. The number of anilines is 1. The molecule has 1 N–H and O–H groups in total. The van der Waals surface area contributed by atoms with Crippen LogP contribution in [0.25, 0.3) is 10.2 Å². The summed E-state index contributed by atoms with van der Waals surface area (Å²) in [6.45, 7) is 11.4. The molecule has 0 aliphatic heterocycles. The lowest BCUT2D eigenvalue weighted by atomic mass is 9.71. The van der Waals surface area contributed by atoms with Crippen LogP contribution in [0.5, 0.6) is 5.75 Å². The third kappa shape index (κ3) is 5.79. The van der Waals surface area contributed by atoms with E-state index in [1.807, 2.05) is 38.1 Å². The Morgan fingerprint density at radius 3 is 2.80 bits per heavy atom. The van der Waals surface area contributed by atoms with E-state index in [1.165, 1.54) is 28.7 Å². The van der Waals surface area contributed by atoms with Gasteiger partial charge in [-0.25, -0.2) is 9.97 Å². The molecule has 1 aromatic carbocycles. The minimum atomic E-state index is -0.371. The fourth-order valence-electron chi connectivity index (χ4n) is 4.41. The van der Waals surface area contributed by atoms with Crippen molar-refractivity contribution < 1.29 is 9.53 Å². The molecule has 1 aliphatic carbocycles.